The van der Waals surface area contributed by atoms with Crippen LogP contribution in [0.2, 0.25) is 5.02 Å². The van der Waals surface area contributed by atoms with Crippen LogP contribution in [0, 0.1) is 6.92 Å². The van der Waals surface area contributed by atoms with E-state index in [-0.39, 0.29) is 23.6 Å². The zero-order chi connectivity index (χ0) is 19.6. The number of carbonyl (C=O) groups is 2. The maximum Gasteiger partial charge on any atom is 0.246 e. The molecule has 0 bridgehead atoms. The van der Waals surface area contributed by atoms with Gasteiger partial charge in [0.25, 0.3) is 0 Å². The normalized spacial score (nSPS) is 16.9. The molecule has 1 aromatic carbocycles. The highest BCUT2D eigenvalue weighted by Gasteiger charge is 2.36. The van der Waals surface area contributed by atoms with Crippen LogP contribution in [0.15, 0.2) is 24.4 Å². The van der Waals surface area contributed by atoms with E-state index in [1.165, 1.54) is 28.0 Å². The van der Waals surface area contributed by atoms with Crippen LogP contribution in [-0.4, -0.2) is 37.8 Å². The molecule has 3 rings (SSSR count). The average Bonchev–Trinajstić information content (AvgIpc) is 3.17. The number of rotatable bonds is 6. The van der Waals surface area contributed by atoms with Crippen LogP contribution >= 0.6 is 46.9 Å². The summed E-state index contributed by atoms with van der Waals surface area (Å²) in [5.41, 5.74) is 2.12. The second-order valence-corrected chi connectivity index (χ2v) is 9.50. The first-order valence-electron chi connectivity index (χ1n) is 8.39. The van der Waals surface area contributed by atoms with E-state index in [9.17, 15) is 9.59 Å². The van der Waals surface area contributed by atoms with Crippen molar-refractivity contribution in [3.63, 3.8) is 0 Å². The van der Waals surface area contributed by atoms with Gasteiger partial charge >= 0.3 is 0 Å². The van der Waals surface area contributed by atoms with Gasteiger partial charge in [-0.15, -0.1) is 11.3 Å². The van der Waals surface area contributed by atoms with Crippen LogP contribution in [-0.2, 0) is 16.0 Å². The van der Waals surface area contributed by atoms with Gasteiger partial charge < -0.3 is 5.32 Å². The molecule has 1 aromatic heterocycles. The maximum atomic E-state index is 12.3. The molecule has 1 unspecified atom stereocenters. The molecule has 1 aliphatic rings. The van der Waals surface area contributed by atoms with E-state index in [1.54, 1.807) is 6.20 Å². The van der Waals surface area contributed by atoms with Crippen molar-refractivity contribution in [3.8, 4) is 0 Å². The van der Waals surface area contributed by atoms with Crippen molar-refractivity contribution >= 4 is 68.2 Å². The fourth-order valence-electron chi connectivity index (χ4n) is 2.60. The second-order valence-electron chi connectivity index (χ2n) is 6.15. The third-order valence-corrected chi connectivity index (χ3v) is 7.16. The van der Waals surface area contributed by atoms with Crippen molar-refractivity contribution in [2.24, 2.45) is 0 Å². The second kappa shape index (κ2) is 8.68. The van der Waals surface area contributed by atoms with E-state index in [4.69, 9.17) is 23.8 Å². The summed E-state index contributed by atoms with van der Waals surface area (Å²) < 4.78 is 0.457. The van der Waals surface area contributed by atoms with Crippen LogP contribution in [0.3, 0.4) is 0 Å². The van der Waals surface area contributed by atoms with Crippen molar-refractivity contribution in [1.82, 2.24) is 9.88 Å². The molecule has 0 saturated carbocycles. The molecular weight excluding hydrogens is 422 g/mol. The molecule has 27 heavy (non-hydrogen) atoms. The number of amides is 2. The Balaban J connectivity index is 1.58. The largest absolute Gasteiger partial charge is 0.300 e. The molecule has 2 aromatic rings. The SMILES string of the molecule is CCC1SC(=S)N(CC(=O)Nc2ncc(Cc3ccc(C)c(Cl)c3)s2)C1=O. The number of nitrogens with zero attached hydrogens (tertiary/aromatic N) is 2. The van der Waals surface area contributed by atoms with E-state index >= 15 is 0 Å². The lowest BCUT2D eigenvalue weighted by Crippen LogP contribution is -2.38. The number of benzene rings is 1. The maximum absolute atomic E-state index is 12.3. The number of aryl methyl sites for hydroxylation is 1. The zero-order valence-electron chi connectivity index (χ0n) is 14.8. The number of nitrogens with one attached hydrogen (secondary N) is 1. The minimum atomic E-state index is -0.303. The number of thiocarbonyl (C=S) groups is 1. The quantitative estimate of drug-likeness (QED) is 0.681. The summed E-state index contributed by atoms with van der Waals surface area (Å²) in [7, 11) is 0. The van der Waals surface area contributed by atoms with Crippen LogP contribution in [0.5, 0.6) is 0 Å². The number of thioether (sulfide) groups is 1. The summed E-state index contributed by atoms with van der Waals surface area (Å²) in [5, 5.41) is 3.81. The highest BCUT2D eigenvalue weighted by Crippen LogP contribution is 2.29. The molecule has 0 radical (unpaired) electrons. The molecule has 0 aliphatic carbocycles. The van der Waals surface area contributed by atoms with Crippen LogP contribution in [0.25, 0.3) is 0 Å². The van der Waals surface area contributed by atoms with Gasteiger partial charge in [0, 0.05) is 22.5 Å². The molecule has 1 aliphatic heterocycles. The van der Waals surface area contributed by atoms with E-state index in [1.807, 2.05) is 32.0 Å². The fraction of sp³-hybridized carbons (Fsp3) is 0.333. The van der Waals surface area contributed by atoms with Crippen molar-refractivity contribution in [2.75, 3.05) is 11.9 Å². The Hall–Kier alpha value is -1.48. The van der Waals surface area contributed by atoms with Gasteiger partial charge in [0.1, 0.15) is 10.9 Å². The predicted octanol–water partition coefficient (Wildman–Crippen LogP) is 4.27. The summed E-state index contributed by atoms with van der Waals surface area (Å²) in [6.45, 7) is 3.81. The van der Waals surface area contributed by atoms with Crippen molar-refractivity contribution in [3.05, 3.63) is 45.4 Å². The Bertz CT molecular complexity index is 900. The molecule has 5 nitrogen and oxygen atoms in total. The number of thiazole rings is 1. The molecule has 9 heteroatoms. The topological polar surface area (TPSA) is 62.3 Å². The first kappa shape index (κ1) is 20.3. The minimum Gasteiger partial charge on any atom is -0.300 e. The predicted molar refractivity (Wildman–Crippen MR) is 116 cm³/mol. The Morgan fingerprint density at radius 1 is 1.44 bits per heavy atom. The number of aromatic nitrogens is 1. The third-order valence-electron chi connectivity index (χ3n) is 4.09. The lowest BCUT2D eigenvalue weighted by molar-refractivity contribution is -0.129. The number of hydrogen-bond donors (Lipinski definition) is 1. The fourth-order valence-corrected chi connectivity index (χ4v) is 5.09. The lowest BCUT2D eigenvalue weighted by Gasteiger charge is -2.14. The van der Waals surface area contributed by atoms with Gasteiger partial charge in [-0.05, 0) is 30.5 Å². The van der Waals surface area contributed by atoms with E-state index in [2.05, 4.69) is 10.3 Å². The summed E-state index contributed by atoms with van der Waals surface area (Å²) in [4.78, 5) is 31.1. The minimum absolute atomic E-state index is 0.0797. The Labute approximate surface area is 176 Å². The van der Waals surface area contributed by atoms with Crippen LogP contribution < -0.4 is 5.32 Å². The number of halogens is 1. The number of carbonyl (C=O) groups excluding carboxylic acids is 2. The molecule has 2 amide bonds. The smallest absolute Gasteiger partial charge is 0.246 e. The van der Waals surface area contributed by atoms with Crippen molar-refractivity contribution in [1.29, 1.82) is 0 Å². The van der Waals surface area contributed by atoms with Gasteiger partial charge in [-0.1, -0.05) is 54.6 Å². The van der Waals surface area contributed by atoms with E-state index in [0.29, 0.717) is 22.3 Å². The summed E-state index contributed by atoms with van der Waals surface area (Å²) in [6, 6.07) is 5.95. The Morgan fingerprint density at radius 2 is 2.22 bits per heavy atom. The molecule has 142 valence electrons. The third kappa shape index (κ3) is 4.87. The molecule has 2 heterocycles. The first-order valence-corrected chi connectivity index (χ1v) is 10.9. The number of anilines is 1. The summed E-state index contributed by atoms with van der Waals surface area (Å²) in [6.07, 6.45) is 3.13. The van der Waals surface area contributed by atoms with Crippen molar-refractivity contribution < 1.29 is 9.59 Å². The Morgan fingerprint density at radius 3 is 2.89 bits per heavy atom. The molecule has 1 fully saturated rings. The Kier molecular flexibility index (Phi) is 6.52. The average molecular weight is 440 g/mol. The van der Waals surface area contributed by atoms with Crippen LogP contribution in [0.1, 0.15) is 29.3 Å². The molecule has 1 atom stereocenters. The van der Waals surface area contributed by atoms with E-state index < -0.39 is 0 Å². The van der Waals surface area contributed by atoms with Gasteiger partial charge in [0.15, 0.2) is 5.13 Å². The molecule has 1 saturated heterocycles. The van der Waals surface area contributed by atoms with Gasteiger partial charge in [-0.3, -0.25) is 14.5 Å². The first-order chi connectivity index (χ1) is 12.9. The highest BCUT2D eigenvalue weighted by atomic mass is 35.5. The van der Waals surface area contributed by atoms with Gasteiger partial charge in [-0.25, -0.2) is 4.98 Å². The molecule has 0 spiro atoms. The summed E-state index contributed by atoms with van der Waals surface area (Å²) in [5.74, 6) is -0.402. The van der Waals surface area contributed by atoms with Crippen molar-refractivity contribution in [2.45, 2.75) is 31.9 Å². The lowest BCUT2D eigenvalue weighted by atomic mass is 10.1. The monoisotopic (exact) mass is 439 g/mol. The van der Waals surface area contributed by atoms with Crippen LogP contribution in [0.4, 0.5) is 5.13 Å². The van der Waals surface area contributed by atoms with Gasteiger partial charge in [0.2, 0.25) is 11.8 Å². The molecule has 1 N–H and O–H groups in total. The van der Waals surface area contributed by atoms with Gasteiger partial charge in [0.05, 0.1) is 5.25 Å². The molecular formula is C18H18ClN3O2S3. The highest BCUT2D eigenvalue weighted by molar-refractivity contribution is 8.24. The van der Waals surface area contributed by atoms with Gasteiger partial charge in [-0.2, -0.15) is 0 Å². The standard InChI is InChI=1S/C18H18ClN3O2S3/c1-3-14-16(24)22(18(25)27-14)9-15(23)21-17-20-8-12(26-17)6-11-5-4-10(2)13(19)7-11/h4-5,7-8,14H,3,6,9H2,1-2H3,(H,20,21,23). The number of hydrogen-bond acceptors (Lipinski definition) is 6. The summed E-state index contributed by atoms with van der Waals surface area (Å²) >= 11 is 14.1. The van der Waals surface area contributed by atoms with E-state index in [0.717, 1.165) is 21.0 Å². The zero-order valence-corrected chi connectivity index (χ0v) is 18.0.